The molecule has 136 valence electrons. The monoisotopic (exact) mass is 382 g/mol. The summed E-state index contributed by atoms with van der Waals surface area (Å²) in [6.45, 7) is 0. The Balaban J connectivity index is 1.81. The molecule has 10 heteroatoms. The molecule has 0 radical (unpaired) electrons. The highest BCUT2D eigenvalue weighted by Gasteiger charge is 2.38. The largest absolute Gasteiger partial charge is 0.471 e. The molecule has 3 aromatic rings. The van der Waals surface area contributed by atoms with Crippen LogP contribution in [0.4, 0.5) is 18.9 Å². The second-order valence-corrected chi connectivity index (χ2v) is 7.87. The second-order valence-electron chi connectivity index (χ2n) is 5.48. The molecule has 0 saturated heterocycles. The molecule has 0 aliphatic heterocycles. The average Bonchev–Trinajstić information content (AvgIpc) is 3.06. The molecule has 26 heavy (non-hydrogen) atoms. The number of hydrogen-bond acceptors (Lipinski definition) is 6. The lowest BCUT2D eigenvalue weighted by Crippen LogP contribution is -2.04. The Hall–Kier alpha value is -2.75. The molecule has 0 bridgehead atoms. The number of nitrogens with zero attached hydrogens (tertiary/aromatic N) is 4. The molecule has 3 rings (SSSR count). The van der Waals surface area contributed by atoms with Gasteiger partial charge in [-0.25, -0.2) is 4.21 Å². The summed E-state index contributed by atoms with van der Waals surface area (Å²) in [6.07, 6.45) is -1.57. The van der Waals surface area contributed by atoms with E-state index in [1.165, 1.54) is 30.5 Å². The van der Waals surface area contributed by atoms with Crippen molar-refractivity contribution in [2.75, 3.05) is 6.26 Å². The summed E-state index contributed by atoms with van der Waals surface area (Å²) in [7, 11) is -2.57. The summed E-state index contributed by atoms with van der Waals surface area (Å²) >= 11 is 0. The van der Waals surface area contributed by atoms with Crippen LogP contribution in [0.15, 0.2) is 57.5 Å². The zero-order valence-electron chi connectivity index (χ0n) is 13.5. The highest BCUT2D eigenvalue weighted by atomic mass is 32.2. The van der Waals surface area contributed by atoms with Gasteiger partial charge in [-0.15, -0.1) is 0 Å². The molecule has 0 aliphatic carbocycles. The van der Waals surface area contributed by atoms with E-state index in [0.717, 1.165) is 0 Å². The number of pyridine rings is 1. The number of halogens is 3. The molecule has 0 spiro atoms. The molecule has 1 atom stereocenters. The van der Waals surface area contributed by atoms with Crippen molar-refractivity contribution < 1.29 is 21.9 Å². The number of rotatable bonds is 4. The predicted octanol–water partition coefficient (Wildman–Crippen LogP) is 4.08. The number of benzene rings is 1. The molecule has 0 fully saturated rings. The van der Waals surface area contributed by atoms with Gasteiger partial charge >= 0.3 is 12.1 Å². The average molecular weight is 382 g/mol. The van der Waals surface area contributed by atoms with E-state index in [1.54, 1.807) is 24.4 Å². The molecule has 0 saturated carbocycles. The molecule has 1 aromatic carbocycles. The van der Waals surface area contributed by atoms with Gasteiger partial charge in [0.25, 0.3) is 0 Å². The normalized spacial score (nSPS) is 14.0. The van der Waals surface area contributed by atoms with Gasteiger partial charge in [0.1, 0.15) is 0 Å². The summed E-state index contributed by atoms with van der Waals surface area (Å²) in [4.78, 5) is 7.44. The smallest absolute Gasteiger partial charge is 0.329 e. The minimum Gasteiger partial charge on any atom is -0.329 e. The van der Waals surface area contributed by atoms with Gasteiger partial charge in [0, 0.05) is 18.0 Å². The minimum atomic E-state index is -4.69. The quantitative estimate of drug-likeness (QED) is 0.679. The van der Waals surface area contributed by atoms with Crippen LogP contribution in [0.1, 0.15) is 11.6 Å². The van der Waals surface area contributed by atoms with E-state index < -0.39 is 21.8 Å². The summed E-state index contributed by atoms with van der Waals surface area (Å²) < 4.78 is 58.5. The van der Waals surface area contributed by atoms with Crippen LogP contribution in [0.5, 0.6) is 0 Å². The van der Waals surface area contributed by atoms with Crippen molar-refractivity contribution in [2.24, 2.45) is 4.36 Å². The maximum atomic E-state index is 12.6. The molecule has 0 N–H and O–H groups in total. The van der Waals surface area contributed by atoms with Crippen molar-refractivity contribution in [1.82, 2.24) is 15.1 Å². The first-order valence-corrected chi connectivity index (χ1v) is 9.43. The lowest BCUT2D eigenvalue weighted by Gasteiger charge is -2.04. The van der Waals surface area contributed by atoms with Crippen molar-refractivity contribution in [1.29, 1.82) is 0 Å². The van der Waals surface area contributed by atoms with Crippen molar-refractivity contribution in [2.45, 2.75) is 11.9 Å². The topological polar surface area (TPSA) is 81.2 Å². The minimum absolute atomic E-state index is 0.186. The van der Waals surface area contributed by atoms with Gasteiger partial charge in [-0.1, -0.05) is 11.2 Å². The predicted molar refractivity (Wildman–Crippen MR) is 88.8 cm³/mol. The molecule has 6 nitrogen and oxygen atoms in total. The van der Waals surface area contributed by atoms with E-state index in [-0.39, 0.29) is 11.6 Å². The van der Waals surface area contributed by atoms with Gasteiger partial charge in [-0.05, 0) is 36.4 Å². The van der Waals surface area contributed by atoms with Crippen LogP contribution in [-0.2, 0) is 21.7 Å². The number of alkyl halides is 3. The van der Waals surface area contributed by atoms with Gasteiger partial charge in [0.15, 0.2) is 0 Å². The molecule has 2 heterocycles. The van der Waals surface area contributed by atoms with Crippen LogP contribution < -0.4 is 0 Å². The van der Waals surface area contributed by atoms with Gasteiger partial charge in [-0.2, -0.15) is 22.5 Å². The van der Waals surface area contributed by atoms with Gasteiger partial charge in [0.2, 0.25) is 5.82 Å². The van der Waals surface area contributed by atoms with Crippen molar-refractivity contribution in [3.63, 3.8) is 0 Å². The van der Waals surface area contributed by atoms with Crippen molar-refractivity contribution >= 4 is 15.4 Å². The van der Waals surface area contributed by atoms with Crippen LogP contribution in [0.25, 0.3) is 11.4 Å². The number of hydrogen-bond donors (Lipinski definition) is 0. The van der Waals surface area contributed by atoms with Crippen molar-refractivity contribution in [3.8, 4) is 11.4 Å². The summed E-state index contributed by atoms with van der Waals surface area (Å²) in [5.74, 6) is -1.40. The first-order chi connectivity index (χ1) is 12.2. The summed E-state index contributed by atoms with van der Waals surface area (Å²) in [5, 5.41) is 3.31. The van der Waals surface area contributed by atoms with Gasteiger partial charge in [-0.3, -0.25) is 4.98 Å². The Labute approximate surface area is 147 Å². The first kappa shape index (κ1) is 18.1. The maximum Gasteiger partial charge on any atom is 0.471 e. The highest BCUT2D eigenvalue weighted by molar-refractivity contribution is 7.92. The van der Waals surface area contributed by atoms with E-state index in [9.17, 15) is 17.4 Å². The summed E-state index contributed by atoms with van der Waals surface area (Å²) in [6, 6.07) is 11.4. The van der Waals surface area contributed by atoms with E-state index >= 15 is 0 Å². The second kappa shape index (κ2) is 6.87. The van der Waals surface area contributed by atoms with Crippen LogP contribution in [-0.4, -0.2) is 25.6 Å². The fourth-order valence-corrected chi connectivity index (χ4v) is 3.49. The van der Waals surface area contributed by atoms with Gasteiger partial charge in [0.05, 0.1) is 26.9 Å². The van der Waals surface area contributed by atoms with Crippen LogP contribution in [0.2, 0.25) is 0 Å². The summed E-state index contributed by atoms with van der Waals surface area (Å²) in [5.41, 5.74) is 1.42. The molecular weight excluding hydrogens is 369 g/mol. The molecule has 0 aliphatic rings. The van der Waals surface area contributed by atoms with E-state index in [0.29, 0.717) is 16.9 Å². The third-order valence-corrected chi connectivity index (χ3v) is 4.66. The van der Waals surface area contributed by atoms with Gasteiger partial charge < -0.3 is 4.52 Å². The van der Waals surface area contributed by atoms with E-state index in [2.05, 4.69) is 24.0 Å². The third-order valence-electron chi connectivity index (χ3n) is 3.23. The first-order valence-electron chi connectivity index (χ1n) is 7.34. The standard InChI is InChI=1S/C16H13F3N4O2S/c1-26(24,10-13-4-2-3-9-20-13)23-12-7-5-11(6-8-12)14-21-15(25-22-14)16(17,18)19/h2-9H,10H2,1H3. The highest BCUT2D eigenvalue weighted by Crippen LogP contribution is 2.30. The SMILES string of the molecule is CS(=O)(Cc1ccccn1)=Nc1ccc(-c2noc(C(F)(F)F)n2)cc1. The fourth-order valence-electron chi connectivity index (χ4n) is 2.14. The molecule has 1 unspecified atom stereocenters. The third kappa shape index (κ3) is 4.45. The molecule has 0 amide bonds. The van der Waals surface area contributed by atoms with Crippen molar-refractivity contribution in [3.05, 3.63) is 60.2 Å². The lowest BCUT2D eigenvalue weighted by molar-refractivity contribution is -0.159. The maximum absolute atomic E-state index is 12.6. The Morgan fingerprint density at radius 2 is 1.88 bits per heavy atom. The fraction of sp³-hybridized carbons (Fsp3) is 0.188. The zero-order valence-corrected chi connectivity index (χ0v) is 14.3. The van der Waals surface area contributed by atoms with Crippen LogP contribution >= 0.6 is 0 Å². The molecular formula is C16H13F3N4O2S. The Morgan fingerprint density at radius 3 is 2.46 bits per heavy atom. The molecule has 2 aromatic heterocycles. The van der Waals surface area contributed by atoms with Crippen LogP contribution in [0, 0.1) is 0 Å². The lowest BCUT2D eigenvalue weighted by atomic mass is 10.2. The number of aromatic nitrogens is 3. The van der Waals surface area contributed by atoms with E-state index in [4.69, 9.17) is 0 Å². The Morgan fingerprint density at radius 1 is 1.15 bits per heavy atom. The Kier molecular flexibility index (Phi) is 4.77. The van der Waals surface area contributed by atoms with Crippen LogP contribution in [0.3, 0.4) is 0 Å². The Bertz CT molecular complexity index is 1010. The zero-order chi connectivity index (χ0) is 18.8. The van der Waals surface area contributed by atoms with E-state index in [1.807, 2.05) is 0 Å².